The number of hydrogen-bond acceptors (Lipinski definition) is 2. The Hall–Kier alpha value is -0.0800. The fourth-order valence-corrected chi connectivity index (χ4v) is 2.40. The van der Waals surface area contributed by atoms with Gasteiger partial charge in [0.25, 0.3) is 0 Å². The lowest BCUT2D eigenvalue weighted by atomic mass is 9.85. The lowest BCUT2D eigenvalue weighted by Crippen LogP contribution is -2.53. The summed E-state index contributed by atoms with van der Waals surface area (Å²) in [6.45, 7) is 10.9. The normalized spacial score (nSPS) is 23.8. The Morgan fingerprint density at radius 1 is 1.29 bits per heavy atom. The number of hydrogen-bond donors (Lipinski definition) is 1. The minimum atomic E-state index is -0.203. The lowest BCUT2D eigenvalue weighted by molar-refractivity contribution is -0.0290. The van der Waals surface area contributed by atoms with Crippen LogP contribution in [0.25, 0.3) is 0 Å². The van der Waals surface area contributed by atoms with Crippen LogP contribution in [0.2, 0.25) is 0 Å². The lowest BCUT2D eigenvalue weighted by Gasteiger charge is -2.41. The summed E-state index contributed by atoms with van der Waals surface area (Å²) in [5, 5.41) is 10.3. The van der Waals surface area contributed by atoms with Gasteiger partial charge < -0.3 is 5.11 Å². The van der Waals surface area contributed by atoms with Gasteiger partial charge in [0.15, 0.2) is 0 Å². The Morgan fingerprint density at radius 2 is 1.79 bits per heavy atom. The molecule has 0 saturated carbocycles. The predicted molar refractivity (Wildman–Crippen MR) is 60.3 cm³/mol. The molecule has 0 aromatic carbocycles. The molecule has 0 aromatic heterocycles. The molecule has 1 aliphatic rings. The van der Waals surface area contributed by atoms with Crippen LogP contribution in [0.1, 0.15) is 47.0 Å². The van der Waals surface area contributed by atoms with Crippen LogP contribution in [0.15, 0.2) is 0 Å². The molecule has 0 bridgehead atoms. The summed E-state index contributed by atoms with van der Waals surface area (Å²) in [5.41, 5.74) is -0.0497. The van der Waals surface area contributed by atoms with Gasteiger partial charge in [-0.05, 0) is 45.7 Å². The van der Waals surface area contributed by atoms with E-state index in [1.165, 1.54) is 12.8 Å². The molecule has 2 nitrogen and oxygen atoms in total. The molecule has 1 aliphatic heterocycles. The molecule has 2 atom stereocenters. The van der Waals surface area contributed by atoms with Crippen molar-refractivity contribution in [3.63, 3.8) is 0 Å². The molecule has 1 rings (SSSR count). The molecule has 2 heteroatoms. The highest BCUT2D eigenvalue weighted by molar-refractivity contribution is 4.92. The van der Waals surface area contributed by atoms with Crippen molar-refractivity contribution in [3.05, 3.63) is 0 Å². The first-order valence-electron chi connectivity index (χ1n) is 5.93. The van der Waals surface area contributed by atoms with Crippen LogP contribution >= 0.6 is 0 Å². The summed E-state index contributed by atoms with van der Waals surface area (Å²) >= 11 is 0. The van der Waals surface area contributed by atoms with Crippen LogP contribution in [0, 0.1) is 5.92 Å². The largest absolute Gasteiger partial charge is 0.391 e. The van der Waals surface area contributed by atoms with Crippen molar-refractivity contribution in [2.24, 2.45) is 5.92 Å². The molecule has 1 saturated heterocycles. The second-order valence-electron chi connectivity index (χ2n) is 5.18. The number of aliphatic hydroxyl groups is 1. The Balaban J connectivity index is 2.62. The number of nitrogens with zero attached hydrogens (tertiary/aromatic N) is 1. The highest BCUT2D eigenvalue weighted by Gasteiger charge is 2.37. The summed E-state index contributed by atoms with van der Waals surface area (Å²) in [5.74, 6) is 0.394. The summed E-state index contributed by atoms with van der Waals surface area (Å²) < 4.78 is 0. The average Bonchev–Trinajstić information content (AvgIpc) is 2.68. The van der Waals surface area contributed by atoms with Crippen molar-refractivity contribution in [2.45, 2.75) is 58.6 Å². The fourth-order valence-electron chi connectivity index (χ4n) is 2.40. The molecule has 84 valence electrons. The Bertz CT molecular complexity index is 173. The topological polar surface area (TPSA) is 23.5 Å². The van der Waals surface area contributed by atoms with E-state index in [2.05, 4.69) is 32.6 Å². The average molecular weight is 199 g/mol. The first kappa shape index (κ1) is 12.0. The maximum atomic E-state index is 10.3. The van der Waals surface area contributed by atoms with E-state index < -0.39 is 0 Å². The van der Waals surface area contributed by atoms with E-state index in [9.17, 15) is 5.11 Å². The third kappa shape index (κ3) is 2.29. The van der Waals surface area contributed by atoms with Crippen molar-refractivity contribution in [1.82, 2.24) is 4.90 Å². The number of likely N-dealkylation sites (tertiary alicyclic amines) is 1. The van der Waals surface area contributed by atoms with Gasteiger partial charge in [0, 0.05) is 5.54 Å². The standard InChI is InChI=1S/C12H25NO/c1-5-10(2)11(14)12(3,4)13-8-6-7-9-13/h10-11,14H,5-9H2,1-4H3. The molecule has 0 spiro atoms. The van der Waals surface area contributed by atoms with E-state index in [1.54, 1.807) is 0 Å². The van der Waals surface area contributed by atoms with Crippen LogP contribution in [-0.4, -0.2) is 34.7 Å². The molecule has 1 N–H and O–H groups in total. The molecule has 0 aromatic rings. The number of rotatable bonds is 4. The van der Waals surface area contributed by atoms with Crippen molar-refractivity contribution >= 4 is 0 Å². The molecule has 0 radical (unpaired) electrons. The molecule has 2 unspecified atom stereocenters. The molecule has 1 fully saturated rings. The minimum absolute atomic E-state index is 0.0497. The van der Waals surface area contributed by atoms with Gasteiger partial charge in [-0.1, -0.05) is 20.3 Å². The minimum Gasteiger partial charge on any atom is -0.391 e. The predicted octanol–water partition coefficient (Wildman–Crippen LogP) is 2.27. The molecular formula is C12H25NO. The molecular weight excluding hydrogens is 174 g/mol. The summed E-state index contributed by atoms with van der Waals surface area (Å²) in [6, 6.07) is 0. The van der Waals surface area contributed by atoms with Gasteiger partial charge in [0.2, 0.25) is 0 Å². The van der Waals surface area contributed by atoms with Crippen LogP contribution < -0.4 is 0 Å². The van der Waals surface area contributed by atoms with E-state index in [0.29, 0.717) is 5.92 Å². The van der Waals surface area contributed by atoms with Crippen molar-refractivity contribution in [3.8, 4) is 0 Å². The zero-order valence-corrected chi connectivity index (χ0v) is 10.1. The van der Waals surface area contributed by atoms with Gasteiger partial charge in [0.05, 0.1) is 6.10 Å². The maximum absolute atomic E-state index is 10.3. The summed E-state index contributed by atoms with van der Waals surface area (Å²) in [6.07, 6.45) is 3.43. The van der Waals surface area contributed by atoms with E-state index >= 15 is 0 Å². The van der Waals surface area contributed by atoms with Gasteiger partial charge in [-0.15, -0.1) is 0 Å². The third-order valence-electron chi connectivity index (χ3n) is 3.83. The monoisotopic (exact) mass is 199 g/mol. The molecule has 0 amide bonds. The fraction of sp³-hybridized carbons (Fsp3) is 1.00. The van der Waals surface area contributed by atoms with E-state index in [0.717, 1.165) is 19.5 Å². The van der Waals surface area contributed by atoms with Crippen molar-refractivity contribution < 1.29 is 5.11 Å². The van der Waals surface area contributed by atoms with Gasteiger partial charge in [0.1, 0.15) is 0 Å². The quantitative estimate of drug-likeness (QED) is 0.751. The van der Waals surface area contributed by atoms with Crippen LogP contribution in [0.5, 0.6) is 0 Å². The second kappa shape index (κ2) is 4.63. The Kier molecular flexibility index (Phi) is 3.96. The van der Waals surface area contributed by atoms with Crippen LogP contribution in [0.4, 0.5) is 0 Å². The zero-order chi connectivity index (χ0) is 10.8. The van der Waals surface area contributed by atoms with Crippen LogP contribution in [0.3, 0.4) is 0 Å². The van der Waals surface area contributed by atoms with Crippen LogP contribution in [-0.2, 0) is 0 Å². The maximum Gasteiger partial charge on any atom is 0.0743 e. The highest BCUT2D eigenvalue weighted by Crippen LogP contribution is 2.28. The number of aliphatic hydroxyl groups excluding tert-OH is 1. The van der Waals surface area contributed by atoms with Gasteiger partial charge in [-0.3, -0.25) is 4.90 Å². The van der Waals surface area contributed by atoms with E-state index in [4.69, 9.17) is 0 Å². The van der Waals surface area contributed by atoms with Crippen molar-refractivity contribution in [2.75, 3.05) is 13.1 Å². The van der Waals surface area contributed by atoms with Crippen molar-refractivity contribution in [1.29, 1.82) is 0 Å². The third-order valence-corrected chi connectivity index (χ3v) is 3.83. The first-order valence-corrected chi connectivity index (χ1v) is 5.93. The van der Waals surface area contributed by atoms with E-state index in [-0.39, 0.29) is 11.6 Å². The summed E-state index contributed by atoms with van der Waals surface area (Å²) in [7, 11) is 0. The Morgan fingerprint density at radius 3 is 2.21 bits per heavy atom. The van der Waals surface area contributed by atoms with Gasteiger partial charge >= 0.3 is 0 Å². The summed E-state index contributed by atoms with van der Waals surface area (Å²) in [4.78, 5) is 2.43. The SMILES string of the molecule is CCC(C)C(O)C(C)(C)N1CCCC1. The smallest absolute Gasteiger partial charge is 0.0743 e. The zero-order valence-electron chi connectivity index (χ0n) is 10.1. The highest BCUT2D eigenvalue weighted by atomic mass is 16.3. The first-order chi connectivity index (χ1) is 6.50. The van der Waals surface area contributed by atoms with E-state index in [1.807, 2.05) is 0 Å². The molecule has 1 heterocycles. The van der Waals surface area contributed by atoms with Gasteiger partial charge in [-0.2, -0.15) is 0 Å². The Labute approximate surface area is 88.3 Å². The molecule has 14 heavy (non-hydrogen) atoms. The molecule has 0 aliphatic carbocycles. The van der Waals surface area contributed by atoms with Gasteiger partial charge in [-0.25, -0.2) is 0 Å². The second-order valence-corrected chi connectivity index (χ2v) is 5.18.